The predicted octanol–water partition coefficient (Wildman–Crippen LogP) is 2.88. The van der Waals surface area contributed by atoms with Crippen LogP contribution in [0.25, 0.3) is 10.9 Å². The standard InChI is InChI=1S/C15H21N3/c1-2-17-8-6-14(7-9-17)18-10-5-12-3-4-13(16)11-15(12)18/h3-5,10-11,14H,2,6-9,16H2,1H3. The van der Waals surface area contributed by atoms with E-state index in [0.29, 0.717) is 6.04 Å². The molecule has 96 valence electrons. The molecule has 1 saturated heterocycles. The van der Waals surface area contributed by atoms with Gasteiger partial charge < -0.3 is 15.2 Å². The van der Waals surface area contributed by atoms with Crippen LogP contribution < -0.4 is 5.73 Å². The van der Waals surface area contributed by atoms with Crippen molar-refractivity contribution in [3.05, 3.63) is 30.5 Å². The Morgan fingerprint density at radius 2 is 2.00 bits per heavy atom. The Labute approximate surface area is 108 Å². The van der Waals surface area contributed by atoms with E-state index in [1.165, 1.54) is 43.4 Å². The lowest BCUT2D eigenvalue weighted by molar-refractivity contribution is 0.197. The highest BCUT2D eigenvalue weighted by Gasteiger charge is 2.20. The monoisotopic (exact) mass is 243 g/mol. The van der Waals surface area contributed by atoms with E-state index in [4.69, 9.17) is 5.73 Å². The molecule has 3 rings (SSSR count). The number of anilines is 1. The van der Waals surface area contributed by atoms with Crippen LogP contribution in [0.5, 0.6) is 0 Å². The Bertz CT molecular complexity index is 536. The third-order valence-corrected chi connectivity index (χ3v) is 4.15. The molecule has 1 aliphatic heterocycles. The number of aromatic nitrogens is 1. The van der Waals surface area contributed by atoms with Crippen molar-refractivity contribution in [1.29, 1.82) is 0 Å². The number of nitrogens with two attached hydrogens (primary N) is 1. The highest BCUT2D eigenvalue weighted by molar-refractivity contribution is 5.83. The van der Waals surface area contributed by atoms with E-state index >= 15 is 0 Å². The van der Waals surface area contributed by atoms with Crippen LogP contribution in [-0.2, 0) is 0 Å². The summed E-state index contributed by atoms with van der Waals surface area (Å²) in [5, 5.41) is 1.29. The van der Waals surface area contributed by atoms with E-state index in [2.05, 4.69) is 40.8 Å². The normalized spacial score (nSPS) is 18.5. The second kappa shape index (κ2) is 4.65. The SMILES string of the molecule is CCN1CCC(n2ccc3ccc(N)cc32)CC1. The summed E-state index contributed by atoms with van der Waals surface area (Å²) in [4.78, 5) is 2.52. The highest BCUT2D eigenvalue weighted by atomic mass is 15.1. The quantitative estimate of drug-likeness (QED) is 0.823. The first kappa shape index (κ1) is 11.6. The van der Waals surface area contributed by atoms with Gasteiger partial charge >= 0.3 is 0 Å². The third-order valence-electron chi connectivity index (χ3n) is 4.15. The molecule has 0 saturated carbocycles. The largest absolute Gasteiger partial charge is 0.399 e. The first-order chi connectivity index (χ1) is 8.78. The molecule has 0 unspecified atom stereocenters. The van der Waals surface area contributed by atoms with Gasteiger partial charge in [-0.05, 0) is 43.0 Å². The van der Waals surface area contributed by atoms with Gasteiger partial charge in [-0.3, -0.25) is 0 Å². The van der Waals surface area contributed by atoms with Crippen molar-refractivity contribution >= 4 is 16.6 Å². The van der Waals surface area contributed by atoms with Crippen LogP contribution in [0.2, 0.25) is 0 Å². The lowest BCUT2D eigenvalue weighted by Gasteiger charge is -2.32. The van der Waals surface area contributed by atoms with Crippen molar-refractivity contribution in [1.82, 2.24) is 9.47 Å². The molecule has 0 spiro atoms. The fourth-order valence-electron chi connectivity index (χ4n) is 3.00. The molecule has 3 heteroatoms. The van der Waals surface area contributed by atoms with Crippen LogP contribution in [0.15, 0.2) is 30.5 Å². The summed E-state index contributed by atoms with van der Waals surface area (Å²) in [6.45, 7) is 5.84. The Hall–Kier alpha value is -1.48. The van der Waals surface area contributed by atoms with Crippen LogP contribution in [0.1, 0.15) is 25.8 Å². The third kappa shape index (κ3) is 1.99. The van der Waals surface area contributed by atoms with E-state index in [9.17, 15) is 0 Å². The average molecular weight is 243 g/mol. The molecule has 0 bridgehead atoms. The smallest absolute Gasteiger partial charge is 0.0503 e. The van der Waals surface area contributed by atoms with Gasteiger partial charge in [0.25, 0.3) is 0 Å². The maximum atomic E-state index is 5.90. The molecule has 0 amide bonds. The molecule has 3 nitrogen and oxygen atoms in total. The van der Waals surface area contributed by atoms with Gasteiger partial charge in [-0.2, -0.15) is 0 Å². The molecule has 18 heavy (non-hydrogen) atoms. The van der Waals surface area contributed by atoms with Crippen molar-refractivity contribution in [3.8, 4) is 0 Å². The summed E-state index contributed by atoms with van der Waals surface area (Å²) in [5.41, 5.74) is 8.04. The number of likely N-dealkylation sites (tertiary alicyclic amines) is 1. The molecule has 2 heterocycles. The van der Waals surface area contributed by atoms with Gasteiger partial charge in [0.05, 0.1) is 5.52 Å². The minimum Gasteiger partial charge on any atom is -0.399 e. The van der Waals surface area contributed by atoms with Gasteiger partial charge in [0.2, 0.25) is 0 Å². The summed E-state index contributed by atoms with van der Waals surface area (Å²) >= 11 is 0. The second-order valence-corrected chi connectivity index (χ2v) is 5.21. The minimum atomic E-state index is 0.632. The summed E-state index contributed by atoms with van der Waals surface area (Å²) in [5.74, 6) is 0. The summed E-state index contributed by atoms with van der Waals surface area (Å²) in [6, 6.07) is 9.02. The van der Waals surface area contributed by atoms with E-state index in [0.717, 1.165) is 5.69 Å². The average Bonchev–Trinajstić information content (AvgIpc) is 2.82. The zero-order chi connectivity index (χ0) is 12.5. The molecular formula is C15H21N3. The van der Waals surface area contributed by atoms with Crippen LogP contribution in [0, 0.1) is 0 Å². The summed E-state index contributed by atoms with van der Waals surface area (Å²) < 4.78 is 2.42. The van der Waals surface area contributed by atoms with Crippen LogP contribution in [0.4, 0.5) is 5.69 Å². The van der Waals surface area contributed by atoms with E-state index in [-0.39, 0.29) is 0 Å². The molecule has 0 atom stereocenters. The van der Waals surface area contributed by atoms with Crippen molar-refractivity contribution < 1.29 is 0 Å². The van der Waals surface area contributed by atoms with E-state index in [1.807, 2.05) is 6.07 Å². The zero-order valence-electron chi connectivity index (χ0n) is 11.0. The second-order valence-electron chi connectivity index (χ2n) is 5.21. The van der Waals surface area contributed by atoms with Crippen molar-refractivity contribution in [2.75, 3.05) is 25.4 Å². The molecular weight excluding hydrogens is 222 g/mol. The molecule has 1 aromatic heterocycles. The number of fused-ring (bicyclic) bond motifs is 1. The lowest BCUT2D eigenvalue weighted by atomic mass is 10.0. The Balaban J connectivity index is 1.88. The van der Waals surface area contributed by atoms with E-state index < -0.39 is 0 Å². The Kier molecular flexibility index (Phi) is 3.00. The summed E-state index contributed by atoms with van der Waals surface area (Å²) in [6.07, 6.45) is 4.70. The molecule has 0 radical (unpaired) electrons. The minimum absolute atomic E-state index is 0.632. The number of nitrogen functional groups attached to an aromatic ring is 1. The number of rotatable bonds is 2. The molecule has 0 aliphatic carbocycles. The molecule has 1 fully saturated rings. The predicted molar refractivity (Wildman–Crippen MR) is 76.7 cm³/mol. The highest BCUT2D eigenvalue weighted by Crippen LogP contribution is 2.28. The molecule has 2 N–H and O–H groups in total. The van der Waals surface area contributed by atoms with Gasteiger partial charge in [0.15, 0.2) is 0 Å². The van der Waals surface area contributed by atoms with Gasteiger partial charge in [-0.15, -0.1) is 0 Å². The lowest BCUT2D eigenvalue weighted by Crippen LogP contribution is -2.34. The van der Waals surface area contributed by atoms with Crippen molar-refractivity contribution in [2.45, 2.75) is 25.8 Å². The zero-order valence-corrected chi connectivity index (χ0v) is 11.0. The number of hydrogen-bond donors (Lipinski definition) is 1. The van der Waals surface area contributed by atoms with Crippen molar-refractivity contribution in [2.24, 2.45) is 0 Å². The number of nitrogens with zero attached hydrogens (tertiary/aromatic N) is 2. The molecule has 2 aromatic rings. The number of piperidine rings is 1. The van der Waals surface area contributed by atoms with Gasteiger partial charge in [-0.1, -0.05) is 13.0 Å². The Morgan fingerprint density at radius 1 is 1.22 bits per heavy atom. The number of hydrogen-bond acceptors (Lipinski definition) is 2. The maximum absolute atomic E-state index is 5.90. The first-order valence-corrected chi connectivity index (χ1v) is 6.86. The van der Waals surface area contributed by atoms with Crippen LogP contribution in [-0.4, -0.2) is 29.1 Å². The molecule has 1 aromatic carbocycles. The van der Waals surface area contributed by atoms with Crippen LogP contribution >= 0.6 is 0 Å². The van der Waals surface area contributed by atoms with Crippen LogP contribution in [0.3, 0.4) is 0 Å². The summed E-state index contributed by atoms with van der Waals surface area (Å²) in [7, 11) is 0. The van der Waals surface area contributed by atoms with Gasteiger partial charge in [0, 0.05) is 31.0 Å². The first-order valence-electron chi connectivity index (χ1n) is 6.86. The fraction of sp³-hybridized carbons (Fsp3) is 0.467. The Morgan fingerprint density at radius 3 is 2.72 bits per heavy atom. The molecule has 1 aliphatic rings. The number of benzene rings is 1. The van der Waals surface area contributed by atoms with Crippen molar-refractivity contribution in [3.63, 3.8) is 0 Å². The topological polar surface area (TPSA) is 34.2 Å². The van der Waals surface area contributed by atoms with Gasteiger partial charge in [0.1, 0.15) is 0 Å². The van der Waals surface area contributed by atoms with E-state index in [1.54, 1.807) is 0 Å². The maximum Gasteiger partial charge on any atom is 0.0503 e. The fourth-order valence-corrected chi connectivity index (χ4v) is 3.00. The van der Waals surface area contributed by atoms with Gasteiger partial charge in [-0.25, -0.2) is 0 Å².